The third-order valence-corrected chi connectivity index (χ3v) is 5.77. The van der Waals surface area contributed by atoms with Gasteiger partial charge in [-0.25, -0.2) is 4.39 Å². The fourth-order valence-corrected chi connectivity index (χ4v) is 3.72. The SMILES string of the molecule is COc1ccc(OCC[NH+]2CC[NH+]([C@@H](C)C(=O)NCc3ccc(F)cc3)CC2)cc1. The van der Waals surface area contributed by atoms with Gasteiger partial charge in [0.2, 0.25) is 0 Å². The van der Waals surface area contributed by atoms with E-state index in [1.807, 2.05) is 31.2 Å². The van der Waals surface area contributed by atoms with Gasteiger partial charge < -0.3 is 24.6 Å². The van der Waals surface area contributed by atoms with Crippen LogP contribution in [0.3, 0.4) is 0 Å². The van der Waals surface area contributed by atoms with Crippen LogP contribution in [0, 0.1) is 5.82 Å². The van der Waals surface area contributed by atoms with Crippen molar-refractivity contribution in [1.82, 2.24) is 5.32 Å². The molecule has 1 aliphatic heterocycles. The predicted molar refractivity (Wildman–Crippen MR) is 112 cm³/mol. The molecule has 2 aromatic carbocycles. The summed E-state index contributed by atoms with van der Waals surface area (Å²) >= 11 is 0. The second-order valence-corrected chi connectivity index (χ2v) is 7.75. The Morgan fingerprint density at radius 1 is 1.03 bits per heavy atom. The van der Waals surface area contributed by atoms with Gasteiger partial charge in [-0.2, -0.15) is 0 Å². The minimum absolute atomic E-state index is 0.0422. The highest BCUT2D eigenvalue weighted by molar-refractivity contribution is 5.79. The van der Waals surface area contributed by atoms with Gasteiger partial charge in [0.05, 0.1) is 7.11 Å². The summed E-state index contributed by atoms with van der Waals surface area (Å²) in [4.78, 5) is 15.3. The van der Waals surface area contributed by atoms with Gasteiger partial charge in [-0.05, 0) is 48.9 Å². The van der Waals surface area contributed by atoms with Crippen LogP contribution in [0.4, 0.5) is 4.39 Å². The van der Waals surface area contributed by atoms with Crippen LogP contribution < -0.4 is 24.6 Å². The van der Waals surface area contributed by atoms with Crippen LogP contribution >= 0.6 is 0 Å². The number of benzene rings is 2. The van der Waals surface area contributed by atoms with Crippen LogP contribution in [-0.4, -0.2) is 58.4 Å². The van der Waals surface area contributed by atoms with Crippen molar-refractivity contribution < 1.29 is 28.5 Å². The third kappa shape index (κ3) is 6.43. The number of ether oxygens (including phenoxy) is 2. The van der Waals surface area contributed by atoms with Crippen molar-refractivity contribution >= 4 is 5.91 Å². The number of hydrogen-bond donors (Lipinski definition) is 3. The van der Waals surface area contributed by atoms with E-state index >= 15 is 0 Å². The van der Waals surface area contributed by atoms with Crippen molar-refractivity contribution in [3.05, 3.63) is 59.9 Å². The fraction of sp³-hybridized carbons (Fsp3) is 0.435. The highest BCUT2D eigenvalue weighted by atomic mass is 19.1. The highest BCUT2D eigenvalue weighted by Gasteiger charge is 2.30. The molecule has 7 heteroatoms. The summed E-state index contributed by atoms with van der Waals surface area (Å²) in [5, 5.41) is 2.97. The monoisotopic (exact) mass is 417 g/mol. The molecule has 0 saturated carbocycles. The van der Waals surface area contributed by atoms with E-state index in [0.717, 1.165) is 49.8 Å². The van der Waals surface area contributed by atoms with Gasteiger partial charge in [-0.3, -0.25) is 4.79 Å². The zero-order chi connectivity index (χ0) is 21.3. The Morgan fingerprint density at radius 3 is 2.30 bits per heavy atom. The Hall–Kier alpha value is -2.64. The zero-order valence-electron chi connectivity index (χ0n) is 17.7. The second-order valence-electron chi connectivity index (χ2n) is 7.75. The summed E-state index contributed by atoms with van der Waals surface area (Å²) in [6, 6.07) is 13.8. The van der Waals surface area contributed by atoms with Crippen molar-refractivity contribution in [2.45, 2.75) is 19.5 Å². The van der Waals surface area contributed by atoms with E-state index in [9.17, 15) is 9.18 Å². The number of rotatable bonds is 9. The Kier molecular flexibility index (Phi) is 8.04. The molecule has 2 aromatic rings. The molecule has 1 atom stereocenters. The van der Waals surface area contributed by atoms with E-state index in [2.05, 4.69) is 5.32 Å². The number of piperazine rings is 1. The first-order valence-corrected chi connectivity index (χ1v) is 10.5. The van der Waals surface area contributed by atoms with Crippen molar-refractivity contribution in [3.63, 3.8) is 0 Å². The fourth-order valence-electron chi connectivity index (χ4n) is 3.72. The quantitative estimate of drug-likeness (QED) is 0.525. The van der Waals surface area contributed by atoms with Gasteiger partial charge >= 0.3 is 0 Å². The first kappa shape index (κ1) is 22.1. The van der Waals surface area contributed by atoms with E-state index in [-0.39, 0.29) is 17.8 Å². The molecule has 0 aromatic heterocycles. The Bertz CT molecular complexity index is 790. The number of halogens is 1. The predicted octanol–water partition coefficient (Wildman–Crippen LogP) is -0.299. The van der Waals surface area contributed by atoms with Gasteiger partial charge in [0.15, 0.2) is 6.04 Å². The molecule has 0 bridgehead atoms. The molecule has 1 heterocycles. The lowest BCUT2D eigenvalue weighted by atomic mass is 10.2. The summed E-state index contributed by atoms with van der Waals surface area (Å²) in [5.74, 6) is 1.45. The molecule has 0 unspecified atom stereocenters. The topological polar surface area (TPSA) is 56.4 Å². The molecule has 1 aliphatic rings. The van der Waals surface area contributed by atoms with Gasteiger partial charge in [-0.1, -0.05) is 12.1 Å². The highest BCUT2D eigenvalue weighted by Crippen LogP contribution is 2.16. The maximum absolute atomic E-state index is 13.0. The number of hydrogen-bond acceptors (Lipinski definition) is 3. The molecule has 1 saturated heterocycles. The molecule has 30 heavy (non-hydrogen) atoms. The first-order chi connectivity index (χ1) is 14.5. The number of nitrogens with one attached hydrogen (secondary N) is 3. The summed E-state index contributed by atoms with van der Waals surface area (Å²) in [6.45, 7) is 8.00. The molecule has 0 spiro atoms. The van der Waals surface area contributed by atoms with Crippen LogP contribution in [0.5, 0.6) is 11.5 Å². The lowest BCUT2D eigenvalue weighted by molar-refractivity contribution is -1.02. The summed E-state index contributed by atoms with van der Waals surface area (Å²) in [5.41, 5.74) is 0.901. The van der Waals surface area contributed by atoms with Gasteiger partial charge in [0.1, 0.15) is 56.6 Å². The van der Waals surface area contributed by atoms with E-state index in [1.54, 1.807) is 19.2 Å². The molecular weight excluding hydrogens is 385 g/mol. The van der Waals surface area contributed by atoms with Crippen molar-refractivity contribution in [2.75, 3.05) is 46.4 Å². The minimum atomic E-state index is -0.266. The molecular formula is C23H32FN3O3+2. The summed E-state index contributed by atoms with van der Waals surface area (Å²) in [6.07, 6.45) is 0. The molecule has 0 aliphatic carbocycles. The summed E-state index contributed by atoms with van der Waals surface area (Å²) in [7, 11) is 1.65. The Labute approximate surface area is 177 Å². The molecule has 0 radical (unpaired) electrons. The Balaban J connectivity index is 1.34. The van der Waals surface area contributed by atoms with Gasteiger partial charge in [0.25, 0.3) is 5.91 Å². The molecule has 3 rings (SSSR count). The average molecular weight is 418 g/mol. The number of carbonyl (C=O) groups is 1. The maximum atomic E-state index is 13.0. The smallest absolute Gasteiger partial charge is 0.278 e. The summed E-state index contributed by atoms with van der Waals surface area (Å²) < 4.78 is 24.0. The van der Waals surface area contributed by atoms with Crippen LogP contribution in [0.15, 0.2) is 48.5 Å². The minimum Gasteiger partial charge on any atom is -0.497 e. The largest absolute Gasteiger partial charge is 0.497 e. The maximum Gasteiger partial charge on any atom is 0.278 e. The third-order valence-electron chi connectivity index (χ3n) is 5.77. The molecule has 3 N–H and O–H groups in total. The molecule has 1 fully saturated rings. The van der Waals surface area contributed by atoms with Crippen LogP contribution in [0.1, 0.15) is 12.5 Å². The van der Waals surface area contributed by atoms with E-state index in [4.69, 9.17) is 9.47 Å². The van der Waals surface area contributed by atoms with Crippen molar-refractivity contribution in [2.24, 2.45) is 0 Å². The van der Waals surface area contributed by atoms with Gasteiger partial charge in [-0.15, -0.1) is 0 Å². The van der Waals surface area contributed by atoms with Gasteiger partial charge in [0, 0.05) is 6.54 Å². The molecule has 6 nitrogen and oxygen atoms in total. The van der Waals surface area contributed by atoms with Crippen molar-refractivity contribution in [1.29, 1.82) is 0 Å². The number of amides is 1. The molecule has 162 valence electrons. The van der Waals surface area contributed by atoms with Crippen LogP contribution in [-0.2, 0) is 11.3 Å². The van der Waals surface area contributed by atoms with E-state index < -0.39 is 0 Å². The van der Waals surface area contributed by atoms with Crippen molar-refractivity contribution in [3.8, 4) is 11.5 Å². The second kappa shape index (κ2) is 10.9. The van der Waals surface area contributed by atoms with E-state index in [1.165, 1.54) is 21.9 Å². The Morgan fingerprint density at radius 2 is 1.67 bits per heavy atom. The van der Waals surface area contributed by atoms with E-state index in [0.29, 0.717) is 13.2 Å². The van der Waals surface area contributed by atoms with Crippen LogP contribution in [0.2, 0.25) is 0 Å². The lowest BCUT2D eigenvalue weighted by Gasteiger charge is -2.32. The first-order valence-electron chi connectivity index (χ1n) is 10.5. The molecule has 1 amide bonds. The number of methoxy groups -OCH3 is 1. The standard InChI is InChI=1S/C23H30FN3O3/c1-18(23(28)25-17-19-3-5-20(24)6-4-19)27-13-11-26(12-14-27)15-16-30-22-9-7-21(29-2)8-10-22/h3-10,18H,11-17H2,1-2H3,(H,25,28)/p+2/t18-/m0/s1. The zero-order valence-corrected chi connectivity index (χ0v) is 17.7. The number of carbonyl (C=O) groups excluding carboxylic acids is 1. The average Bonchev–Trinajstić information content (AvgIpc) is 2.79. The van der Waals surface area contributed by atoms with Crippen LogP contribution in [0.25, 0.3) is 0 Å². The normalized spacial score (nSPS) is 19.7. The number of quaternary nitrogens is 2. The lowest BCUT2D eigenvalue weighted by Crippen LogP contribution is -3.30.